The van der Waals surface area contributed by atoms with Crippen LogP contribution in [0.3, 0.4) is 0 Å². The predicted molar refractivity (Wildman–Crippen MR) is 73.2 cm³/mol. The Bertz CT molecular complexity index is 683. The zero-order valence-corrected chi connectivity index (χ0v) is 12.2. The normalized spacial score (nSPS) is 11.2. The fraction of sp³-hybridized carbons (Fsp3) is 0.417. The monoisotopic (exact) mass is 297 g/mol. The molecular formula is C12H15N3O4S. The third-order valence-electron chi connectivity index (χ3n) is 2.73. The molecular weight excluding hydrogens is 282 g/mol. The van der Waals surface area contributed by atoms with Crippen LogP contribution in [-0.4, -0.2) is 25.8 Å². The Hall–Kier alpha value is -1.96. The fourth-order valence-corrected chi connectivity index (χ4v) is 2.77. The first-order valence-corrected chi connectivity index (χ1v) is 7.01. The number of carboxylic acid groups (broad SMARTS) is 1. The number of aromatic carboxylic acids is 1. The summed E-state index contributed by atoms with van der Waals surface area (Å²) in [7, 11) is 0. The smallest absolute Gasteiger partial charge is 0.344 e. The minimum absolute atomic E-state index is 0.00309. The zero-order chi connectivity index (χ0) is 14.9. The van der Waals surface area contributed by atoms with E-state index in [9.17, 15) is 9.59 Å². The maximum Gasteiger partial charge on any atom is 0.344 e. The lowest BCUT2D eigenvalue weighted by Gasteiger charge is -2.07. The van der Waals surface area contributed by atoms with Gasteiger partial charge in [0.2, 0.25) is 0 Å². The molecule has 0 spiro atoms. The largest absolute Gasteiger partial charge is 0.478 e. The van der Waals surface area contributed by atoms with Crippen LogP contribution in [0.25, 0.3) is 0 Å². The van der Waals surface area contributed by atoms with Crippen LogP contribution in [0.4, 0.5) is 0 Å². The second kappa shape index (κ2) is 5.58. The van der Waals surface area contributed by atoms with Crippen LogP contribution in [0.1, 0.15) is 41.8 Å². The average Bonchev–Trinajstić information content (AvgIpc) is 2.90. The lowest BCUT2D eigenvalue weighted by molar-refractivity contribution is 0.0695. The first-order chi connectivity index (χ1) is 9.40. The number of aromatic amines is 1. The highest BCUT2D eigenvalue weighted by molar-refractivity contribution is 7.98. The van der Waals surface area contributed by atoms with Gasteiger partial charge in [-0.05, 0) is 26.8 Å². The quantitative estimate of drug-likeness (QED) is 0.819. The molecule has 2 N–H and O–H groups in total. The van der Waals surface area contributed by atoms with E-state index >= 15 is 0 Å². The summed E-state index contributed by atoms with van der Waals surface area (Å²) >= 11 is 1.32. The van der Waals surface area contributed by atoms with Crippen LogP contribution < -0.4 is 5.69 Å². The molecule has 7 nitrogen and oxygen atoms in total. The summed E-state index contributed by atoms with van der Waals surface area (Å²) in [6.07, 6.45) is 0. The van der Waals surface area contributed by atoms with Gasteiger partial charge < -0.3 is 9.52 Å². The van der Waals surface area contributed by atoms with Gasteiger partial charge in [-0.25, -0.2) is 14.7 Å². The molecule has 0 aliphatic rings. The van der Waals surface area contributed by atoms with E-state index in [1.165, 1.54) is 17.8 Å². The van der Waals surface area contributed by atoms with Gasteiger partial charge in [-0.15, -0.1) is 5.10 Å². The highest BCUT2D eigenvalue weighted by atomic mass is 32.2. The van der Waals surface area contributed by atoms with Crippen molar-refractivity contribution in [1.29, 1.82) is 0 Å². The number of carbonyl (C=O) groups is 1. The van der Waals surface area contributed by atoms with E-state index in [-0.39, 0.29) is 17.3 Å². The summed E-state index contributed by atoms with van der Waals surface area (Å²) in [5.41, 5.74) is -0.103. The maximum absolute atomic E-state index is 11.6. The highest BCUT2D eigenvalue weighted by Gasteiger charge is 2.16. The van der Waals surface area contributed by atoms with Gasteiger partial charge >= 0.3 is 11.7 Å². The SMILES string of the molecule is Cc1oc(CSc2n[nH]c(=O)n2C(C)C)cc1C(=O)O. The van der Waals surface area contributed by atoms with E-state index < -0.39 is 5.97 Å². The first-order valence-electron chi connectivity index (χ1n) is 6.02. The molecule has 2 aromatic rings. The van der Waals surface area contributed by atoms with Gasteiger partial charge in [-0.3, -0.25) is 4.57 Å². The minimum atomic E-state index is -1.01. The maximum atomic E-state index is 11.6. The van der Waals surface area contributed by atoms with Crippen LogP contribution in [0.15, 0.2) is 20.4 Å². The van der Waals surface area contributed by atoms with Crippen molar-refractivity contribution in [1.82, 2.24) is 14.8 Å². The second-order valence-electron chi connectivity index (χ2n) is 4.55. The van der Waals surface area contributed by atoms with Crippen molar-refractivity contribution in [2.24, 2.45) is 0 Å². The van der Waals surface area contributed by atoms with Crippen molar-refractivity contribution in [2.75, 3.05) is 0 Å². The molecule has 2 heterocycles. The summed E-state index contributed by atoms with van der Waals surface area (Å²) in [6.45, 7) is 5.39. The molecule has 0 radical (unpaired) electrons. The van der Waals surface area contributed by atoms with Crippen molar-refractivity contribution in [2.45, 2.75) is 37.7 Å². The Kier molecular flexibility index (Phi) is 4.03. The molecule has 8 heteroatoms. The van der Waals surface area contributed by atoms with Crippen molar-refractivity contribution in [3.05, 3.63) is 33.6 Å². The van der Waals surface area contributed by atoms with Gasteiger partial charge in [0.1, 0.15) is 17.1 Å². The van der Waals surface area contributed by atoms with E-state index in [1.807, 2.05) is 13.8 Å². The zero-order valence-electron chi connectivity index (χ0n) is 11.3. The topological polar surface area (TPSA) is 101 Å². The van der Waals surface area contributed by atoms with Crippen molar-refractivity contribution < 1.29 is 14.3 Å². The van der Waals surface area contributed by atoms with E-state index in [2.05, 4.69) is 10.2 Å². The molecule has 0 fully saturated rings. The van der Waals surface area contributed by atoms with Crippen molar-refractivity contribution >= 4 is 17.7 Å². The molecule has 108 valence electrons. The number of carboxylic acids is 1. The van der Waals surface area contributed by atoms with Crippen molar-refractivity contribution in [3.8, 4) is 0 Å². The molecule has 0 amide bonds. The van der Waals surface area contributed by atoms with E-state index in [4.69, 9.17) is 9.52 Å². The second-order valence-corrected chi connectivity index (χ2v) is 5.49. The van der Waals surface area contributed by atoms with Gasteiger partial charge in [-0.1, -0.05) is 11.8 Å². The molecule has 2 rings (SSSR count). The van der Waals surface area contributed by atoms with Gasteiger partial charge in [0.15, 0.2) is 5.16 Å². The summed E-state index contributed by atoms with van der Waals surface area (Å²) in [4.78, 5) is 22.5. The molecule has 2 aromatic heterocycles. The molecule has 0 atom stereocenters. The predicted octanol–water partition coefficient (Wildman–Crippen LogP) is 2.04. The standard InChI is InChI=1S/C12H15N3O4S/c1-6(2)15-11(18)13-14-12(15)20-5-8-4-9(10(16)17)7(3)19-8/h4,6H,5H2,1-3H3,(H,13,18)(H,16,17). The van der Waals surface area contributed by atoms with Crippen molar-refractivity contribution in [3.63, 3.8) is 0 Å². The Morgan fingerprint density at radius 1 is 1.60 bits per heavy atom. The van der Waals surface area contributed by atoms with Crippen LogP contribution in [0, 0.1) is 6.92 Å². The third kappa shape index (κ3) is 2.79. The molecule has 20 heavy (non-hydrogen) atoms. The molecule has 0 saturated heterocycles. The number of nitrogens with one attached hydrogen (secondary N) is 1. The van der Waals surface area contributed by atoms with Gasteiger partial charge in [0, 0.05) is 6.04 Å². The van der Waals surface area contributed by atoms with Gasteiger partial charge in [0.05, 0.1) is 5.75 Å². The number of H-pyrrole nitrogens is 1. The van der Waals surface area contributed by atoms with Crippen LogP contribution in [0.5, 0.6) is 0 Å². The number of hydrogen-bond acceptors (Lipinski definition) is 5. The lowest BCUT2D eigenvalue weighted by atomic mass is 10.2. The van der Waals surface area contributed by atoms with Gasteiger partial charge in [-0.2, -0.15) is 0 Å². The molecule has 0 saturated carbocycles. The molecule has 0 bridgehead atoms. The molecule has 0 aliphatic carbocycles. The summed E-state index contributed by atoms with van der Waals surface area (Å²) in [5.74, 6) is 0.305. The summed E-state index contributed by atoms with van der Waals surface area (Å²) in [5, 5.41) is 15.9. The van der Waals surface area contributed by atoms with E-state index in [0.717, 1.165) is 0 Å². The number of thioether (sulfide) groups is 1. The van der Waals surface area contributed by atoms with E-state index in [1.54, 1.807) is 11.5 Å². The number of nitrogens with zero attached hydrogens (tertiary/aromatic N) is 2. The Labute approximate surface area is 119 Å². The summed E-state index contributed by atoms with van der Waals surface area (Å²) in [6, 6.07) is 1.49. The number of aromatic nitrogens is 3. The number of rotatable bonds is 5. The number of hydrogen-bond donors (Lipinski definition) is 2. The lowest BCUT2D eigenvalue weighted by Crippen LogP contribution is -2.19. The third-order valence-corrected chi connectivity index (χ3v) is 3.71. The molecule has 0 aromatic carbocycles. The van der Waals surface area contributed by atoms with Crippen LogP contribution in [-0.2, 0) is 5.75 Å². The van der Waals surface area contributed by atoms with Gasteiger partial charge in [0.25, 0.3) is 0 Å². The highest BCUT2D eigenvalue weighted by Crippen LogP contribution is 2.24. The van der Waals surface area contributed by atoms with E-state index in [0.29, 0.717) is 22.4 Å². The number of aryl methyl sites for hydroxylation is 1. The fourth-order valence-electron chi connectivity index (χ4n) is 1.81. The number of furan rings is 1. The Morgan fingerprint density at radius 2 is 2.30 bits per heavy atom. The van der Waals surface area contributed by atoms with Crippen LogP contribution >= 0.6 is 11.8 Å². The average molecular weight is 297 g/mol. The molecule has 0 unspecified atom stereocenters. The Balaban J connectivity index is 2.15. The van der Waals surface area contributed by atoms with Crippen LogP contribution in [0.2, 0.25) is 0 Å². The Morgan fingerprint density at radius 3 is 2.85 bits per heavy atom. The summed E-state index contributed by atoms with van der Waals surface area (Å²) < 4.78 is 6.92. The first kappa shape index (κ1) is 14.4. The molecule has 0 aliphatic heterocycles. The minimum Gasteiger partial charge on any atom is -0.478 e.